The van der Waals surface area contributed by atoms with Gasteiger partial charge in [-0.3, -0.25) is 4.79 Å². The van der Waals surface area contributed by atoms with Gasteiger partial charge in [-0.1, -0.05) is 0 Å². The third-order valence-electron chi connectivity index (χ3n) is 2.05. The quantitative estimate of drug-likeness (QED) is 0.857. The van der Waals surface area contributed by atoms with Gasteiger partial charge in [0.05, 0.1) is 12.5 Å². The summed E-state index contributed by atoms with van der Waals surface area (Å²) in [5, 5.41) is 11.4. The maximum atomic E-state index is 11.7. The standard InChI is InChI=1S/C12H17N3O4/c1-12(2,3)19-11(18)15-9(4-10(16)17)8-5-13-7-14-6-8/h5-7,9H,4H2,1-3H3,(H,15,18)(H,16,17)/t9-/m0/s1. The van der Waals surface area contributed by atoms with E-state index >= 15 is 0 Å². The number of carbonyl (C=O) groups is 2. The molecule has 0 saturated carbocycles. The SMILES string of the molecule is CC(C)(C)OC(=O)N[C@@H](CC(=O)O)c1cncnc1. The van der Waals surface area contributed by atoms with Crippen LogP contribution in [0.25, 0.3) is 0 Å². The summed E-state index contributed by atoms with van der Waals surface area (Å²) in [5.74, 6) is -1.04. The van der Waals surface area contributed by atoms with Crippen LogP contribution in [0.1, 0.15) is 38.8 Å². The van der Waals surface area contributed by atoms with Crippen molar-refractivity contribution in [2.45, 2.75) is 38.8 Å². The van der Waals surface area contributed by atoms with Gasteiger partial charge in [-0.25, -0.2) is 14.8 Å². The average molecular weight is 267 g/mol. The zero-order valence-corrected chi connectivity index (χ0v) is 11.1. The molecule has 0 bridgehead atoms. The summed E-state index contributed by atoms with van der Waals surface area (Å²) in [5.41, 5.74) is -0.138. The van der Waals surface area contributed by atoms with Crippen LogP contribution in [0.15, 0.2) is 18.7 Å². The minimum Gasteiger partial charge on any atom is -0.481 e. The number of hydrogen-bond acceptors (Lipinski definition) is 5. The first kappa shape index (κ1) is 14.9. The minimum absolute atomic E-state index is 0.271. The van der Waals surface area contributed by atoms with Crippen molar-refractivity contribution in [2.75, 3.05) is 0 Å². The van der Waals surface area contributed by atoms with Crippen molar-refractivity contribution in [3.63, 3.8) is 0 Å². The second-order valence-corrected chi connectivity index (χ2v) is 4.97. The maximum absolute atomic E-state index is 11.7. The Kier molecular flexibility index (Phi) is 4.80. The molecular formula is C12H17N3O4. The number of hydrogen-bond donors (Lipinski definition) is 2. The van der Waals surface area contributed by atoms with E-state index in [1.165, 1.54) is 18.7 Å². The third-order valence-corrected chi connectivity index (χ3v) is 2.05. The zero-order valence-electron chi connectivity index (χ0n) is 11.1. The number of nitrogens with zero attached hydrogens (tertiary/aromatic N) is 2. The van der Waals surface area contributed by atoms with Crippen molar-refractivity contribution < 1.29 is 19.4 Å². The van der Waals surface area contributed by atoms with Crippen LogP contribution in [-0.2, 0) is 9.53 Å². The molecule has 1 atom stereocenters. The van der Waals surface area contributed by atoms with Gasteiger partial charge in [0.15, 0.2) is 0 Å². The van der Waals surface area contributed by atoms with Crippen LogP contribution in [0, 0.1) is 0 Å². The molecule has 104 valence electrons. The molecule has 0 fully saturated rings. The van der Waals surface area contributed by atoms with Crippen molar-refractivity contribution >= 4 is 12.1 Å². The first-order valence-electron chi connectivity index (χ1n) is 5.74. The summed E-state index contributed by atoms with van der Waals surface area (Å²) in [6, 6.07) is -0.728. The summed E-state index contributed by atoms with van der Waals surface area (Å²) in [7, 11) is 0. The number of rotatable bonds is 4. The molecule has 1 rings (SSSR count). The fraction of sp³-hybridized carbons (Fsp3) is 0.500. The second kappa shape index (κ2) is 6.12. The number of aromatic nitrogens is 2. The van der Waals surface area contributed by atoms with Crippen LogP contribution in [0.2, 0.25) is 0 Å². The van der Waals surface area contributed by atoms with E-state index in [9.17, 15) is 9.59 Å². The lowest BCUT2D eigenvalue weighted by Gasteiger charge is -2.22. The van der Waals surface area contributed by atoms with Crippen LogP contribution in [0.3, 0.4) is 0 Å². The number of carbonyl (C=O) groups excluding carboxylic acids is 1. The molecule has 0 spiro atoms. The monoisotopic (exact) mass is 267 g/mol. The van der Waals surface area contributed by atoms with Crippen LogP contribution in [0.4, 0.5) is 4.79 Å². The number of aliphatic carboxylic acids is 1. The zero-order chi connectivity index (χ0) is 14.5. The number of nitrogens with one attached hydrogen (secondary N) is 1. The Balaban J connectivity index is 2.76. The van der Waals surface area contributed by atoms with Crippen LogP contribution >= 0.6 is 0 Å². The van der Waals surface area contributed by atoms with E-state index in [1.54, 1.807) is 20.8 Å². The number of amides is 1. The Morgan fingerprint density at radius 1 is 1.37 bits per heavy atom. The summed E-state index contributed by atoms with van der Waals surface area (Å²) in [4.78, 5) is 30.1. The highest BCUT2D eigenvalue weighted by atomic mass is 16.6. The van der Waals surface area contributed by atoms with Crippen molar-refractivity contribution in [1.82, 2.24) is 15.3 Å². The van der Waals surface area contributed by atoms with Gasteiger partial charge in [-0.2, -0.15) is 0 Å². The molecule has 0 radical (unpaired) electrons. The molecule has 0 unspecified atom stereocenters. The first-order chi connectivity index (χ1) is 8.78. The van der Waals surface area contributed by atoms with Crippen molar-refractivity contribution in [1.29, 1.82) is 0 Å². The molecule has 19 heavy (non-hydrogen) atoms. The Morgan fingerprint density at radius 2 is 1.95 bits per heavy atom. The van der Waals surface area contributed by atoms with Crippen molar-refractivity contribution in [3.8, 4) is 0 Å². The predicted octanol–water partition coefficient (Wildman–Crippen LogP) is 1.52. The van der Waals surface area contributed by atoms with Crippen LogP contribution in [0.5, 0.6) is 0 Å². The number of carboxylic acids is 1. The number of ether oxygens (including phenoxy) is 1. The highest BCUT2D eigenvalue weighted by molar-refractivity contribution is 5.72. The van der Waals surface area contributed by atoms with Gasteiger partial charge >= 0.3 is 12.1 Å². The highest BCUT2D eigenvalue weighted by Crippen LogP contribution is 2.16. The van der Waals surface area contributed by atoms with Gasteiger partial charge in [0.1, 0.15) is 11.9 Å². The second-order valence-electron chi connectivity index (χ2n) is 4.97. The minimum atomic E-state index is -1.04. The van der Waals surface area contributed by atoms with E-state index in [4.69, 9.17) is 9.84 Å². The third kappa shape index (κ3) is 5.80. The maximum Gasteiger partial charge on any atom is 0.408 e. The van der Waals surface area contributed by atoms with E-state index in [-0.39, 0.29) is 6.42 Å². The molecule has 7 nitrogen and oxygen atoms in total. The molecule has 0 aliphatic rings. The molecule has 2 N–H and O–H groups in total. The summed E-state index contributed by atoms with van der Waals surface area (Å²) >= 11 is 0. The topological polar surface area (TPSA) is 101 Å². The molecule has 1 heterocycles. The summed E-state index contributed by atoms with van der Waals surface area (Å²) in [6.45, 7) is 5.18. The largest absolute Gasteiger partial charge is 0.481 e. The van der Waals surface area contributed by atoms with Gasteiger partial charge in [0.25, 0.3) is 0 Å². The molecule has 1 amide bonds. The van der Waals surface area contributed by atoms with Gasteiger partial charge in [-0.05, 0) is 20.8 Å². The Hall–Kier alpha value is -2.18. The van der Waals surface area contributed by atoms with Crippen molar-refractivity contribution in [3.05, 3.63) is 24.3 Å². The highest BCUT2D eigenvalue weighted by Gasteiger charge is 2.22. The molecule has 0 aromatic carbocycles. The number of alkyl carbamates (subject to hydrolysis) is 1. The van der Waals surface area contributed by atoms with Gasteiger partial charge < -0.3 is 15.2 Å². The molecule has 0 aliphatic carbocycles. The van der Waals surface area contributed by atoms with Crippen LogP contribution < -0.4 is 5.32 Å². The van der Waals surface area contributed by atoms with Crippen LogP contribution in [-0.4, -0.2) is 32.7 Å². The van der Waals surface area contributed by atoms with Gasteiger partial charge in [-0.15, -0.1) is 0 Å². The molecule has 1 aromatic heterocycles. The lowest BCUT2D eigenvalue weighted by molar-refractivity contribution is -0.137. The molecule has 0 aliphatic heterocycles. The summed E-state index contributed by atoms with van der Waals surface area (Å²) < 4.78 is 5.09. The Morgan fingerprint density at radius 3 is 2.42 bits per heavy atom. The van der Waals surface area contributed by atoms with Gasteiger partial charge in [0, 0.05) is 18.0 Å². The fourth-order valence-electron chi connectivity index (χ4n) is 1.37. The van der Waals surface area contributed by atoms with E-state index < -0.39 is 23.7 Å². The molecule has 1 aromatic rings. The summed E-state index contributed by atoms with van der Waals surface area (Å²) in [6.07, 6.45) is 3.29. The van der Waals surface area contributed by atoms with Crippen molar-refractivity contribution in [2.24, 2.45) is 0 Å². The molecule has 0 saturated heterocycles. The molecule has 7 heteroatoms. The fourth-order valence-corrected chi connectivity index (χ4v) is 1.37. The smallest absolute Gasteiger partial charge is 0.408 e. The Bertz CT molecular complexity index is 442. The first-order valence-corrected chi connectivity index (χ1v) is 5.74. The van der Waals surface area contributed by atoms with E-state index in [0.29, 0.717) is 5.56 Å². The van der Waals surface area contributed by atoms with E-state index in [2.05, 4.69) is 15.3 Å². The van der Waals surface area contributed by atoms with E-state index in [0.717, 1.165) is 0 Å². The predicted molar refractivity (Wildman–Crippen MR) is 66.4 cm³/mol. The number of carboxylic acid groups (broad SMARTS) is 1. The van der Waals surface area contributed by atoms with Gasteiger partial charge in [0.2, 0.25) is 0 Å². The normalized spacial score (nSPS) is 12.6. The molecular weight excluding hydrogens is 250 g/mol. The lowest BCUT2D eigenvalue weighted by Crippen LogP contribution is -2.35. The average Bonchev–Trinajstić information content (AvgIpc) is 2.26. The van der Waals surface area contributed by atoms with E-state index in [1.807, 2.05) is 0 Å². The Labute approximate surface area is 111 Å². The lowest BCUT2D eigenvalue weighted by atomic mass is 10.1.